The van der Waals surface area contributed by atoms with Crippen LogP contribution < -0.4 is 0 Å². The van der Waals surface area contributed by atoms with Gasteiger partial charge < -0.3 is 9.84 Å². The monoisotopic (exact) mass is 154 g/mol. The fraction of sp³-hybridized carbons (Fsp3) is 0.556. The lowest BCUT2D eigenvalue weighted by molar-refractivity contribution is 0.160. The topological polar surface area (TPSA) is 29.5 Å². The molecule has 0 atom stereocenters. The number of aliphatic hydroxyl groups is 1. The van der Waals surface area contributed by atoms with E-state index in [1.54, 1.807) is 0 Å². The van der Waals surface area contributed by atoms with Gasteiger partial charge in [-0.15, -0.1) is 0 Å². The third-order valence-corrected chi connectivity index (χ3v) is 1.63. The average molecular weight is 154 g/mol. The SMILES string of the molecule is OCC1=CCCCOCC=C1. The van der Waals surface area contributed by atoms with Gasteiger partial charge in [-0.1, -0.05) is 18.2 Å². The van der Waals surface area contributed by atoms with E-state index in [-0.39, 0.29) is 6.61 Å². The van der Waals surface area contributed by atoms with E-state index >= 15 is 0 Å². The molecule has 0 bridgehead atoms. The van der Waals surface area contributed by atoms with Crippen LogP contribution in [0.25, 0.3) is 0 Å². The van der Waals surface area contributed by atoms with Gasteiger partial charge in [-0.2, -0.15) is 0 Å². The second-order valence-electron chi connectivity index (χ2n) is 2.56. The van der Waals surface area contributed by atoms with Crippen molar-refractivity contribution in [3.8, 4) is 0 Å². The molecule has 1 aliphatic rings. The number of aliphatic hydroxyl groups excluding tert-OH is 1. The van der Waals surface area contributed by atoms with Crippen LogP contribution in [-0.2, 0) is 4.74 Å². The summed E-state index contributed by atoms with van der Waals surface area (Å²) in [5, 5.41) is 8.84. The van der Waals surface area contributed by atoms with E-state index in [4.69, 9.17) is 9.84 Å². The quantitative estimate of drug-likeness (QED) is 0.616. The first-order valence-electron chi connectivity index (χ1n) is 3.97. The molecule has 2 nitrogen and oxygen atoms in total. The van der Waals surface area contributed by atoms with Crippen molar-refractivity contribution < 1.29 is 9.84 Å². The Bertz CT molecular complexity index is 159. The molecule has 2 heteroatoms. The molecule has 11 heavy (non-hydrogen) atoms. The lowest BCUT2D eigenvalue weighted by atomic mass is 10.2. The van der Waals surface area contributed by atoms with Crippen molar-refractivity contribution >= 4 is 0 Å². The van der Waals surface area contributed by atoms with Gasteiger partial charge in [0.2, 0.25) is 0 Å². The Morgan fingerprint density at radius 3 is 3.27 bits per heavy atom. The first kappa shape index (κ1) is 8.50. The van der Waals surface area contributed by atoms with Crippen molar-refractivity contribution in [2.45, 2.75) is 12.8 Å². The van der Waals surface area contributed by atoms with E-state index in [9.17, 15) is 0 Å². The first-order chi connectivity index (χ1) is 5.43. The molecule has 0 aromatic carbocycles. The van der Waals surface area contributed by atoms with Gasteiger partial charge in [0.25, 0.3) is 0 Å². The molecule has 0 saturated carbocycles. The zero-order chi connectivity index (χ0) is 7.94. The molecule has 0 aromatic heterocycles. The standard InChI is InChI=1S/C9H14O2/c10-8-9-4-1-2-6-11-7-3-5-9/h3-5,10H,1-2,6-8H2. The summed E-state index contributed by atoms with van der Waals surface area (Å²) in [5.41, 5.74) is 0.996. The molecule has 0 aromatic rings. The maximum Gasteiger partial charge on any atom is 0.0678 e. The maximum absolute atomic E-state index is 8.84. The van der Waals surface area contributed by atoms with Crippen LogP contribution in [0.4, 0.5) is 0 Å². The fourth-order valence-electron chi connectivity index (χ4n) is 1.01. The van der Waals surface area contributed by atoms with Crippen molar-refractivity contribution in [1.82, 2.24) is 0 Å². The Hall–Kier alpha value is -0.600. The summed E-state index contributed by atoms with van der Waals surface area (Å²) in [5.74, 6) is 0. The molecule has 1 rings (SSSR count). The molecule has 1 N–H and O–H groups in total. The first-order valence-corrected chi connectivity index (χ1v) is 3.97. The van der Waals surface area contributed by atoms with Crippen LogP contribution in [0.3, 0.4) is 0 Å². The summed E-state index contributed by atoms with van der Waals surface area (Å²) in [7, 11) is 0. The van der Waals surface area contributed by atoms with Gasteiger partial charge in [0, 0.05) is 6.61 Å². The molecular weight excluding hydrogens is 140 g/mol. The Kier molecular flexibility index (Phi) is 3.94. The zero-order valence-electron chi connectivity index (χ0n) is 6.62. The normalized spacial score (nSPS) is 19.9. The number of ether oxygens (including phenoxy) is 1. The summed E-state index contributed by atoms with van der Waals surface area (Å²) >= 11 is 0. The maximum atomic E-state index is 8.84. The molecule has 0 fully saturated rings. The third kappa shape index (κ3) is 3.35. The van der Waals surface area contributed by atoms with Gasteiger partial charge in [0.15, 0.2) is 0 Å². The van der Waals surface area contributed by atoms with Crippen LogP contribution >= 0.6 is 0 Å². The molecule has 62 valence electrons. The van der Waals surface area contributed by atoms with Crippen LogP contribution in [0.1, 0.15) is 12.8 Å². The van der Waals surface area contributed by atoms with E-state index in [1.165, 1.54) is 0 Å². The smallest absolute Gasteiger partial charge is 0.0678 e. The molecule has 0 aliphatic carbocycles. The van der Waals surface area contributed by atoms with Crippen molar-refractivity contribution in [1.29, 1.82) is 0 Å². The molecule has 1 heterocycles. The summed E-state index contributed by atoms with van der Waals surface area (Å²) in [6.07, 6.45) is 7.97. The minimum Gasteiger partial charge on any atom is -0.392 e. The summed E-state index contributed by atoms with van der Waals surface area (Å²) in [4.78, 5) is 0. The van der Waals surface area contributed by atoms with E-state index in [0.29, 0.717) is 6.61 Å². The van der Waals surface area contributed by atoms with E-state index < -0.39 is 0 Å². The highest BCUT2D eigenvalue weighted by Gasteiger charge is 1.93. The number of allylic oxidation sites excluding steroid dienone is 1. The van der Waals surface area contributed by atoms with Crippen molar-refractivity contribution in [2.24, 2.45) is 0 Å². The van der Waals surface area contributed by atoms with Crippen LogP contribution in [0.15, 0.2) is 23.8 Å². The van der Waals surface area contributed by atoms with Gasteiger partial charge in [-0.05, 0) is 18.4 Å². The van der Waals surface area contributed by atoms with Crippen LogP contribution in [0.2, 0.25) is 0 Å². The molecule has 0 amide bonds. The predicted octanol–water partition coefficient (Wildman–Crippen LogP) is 1.27. The summed E-state index contributed by atoms with van der Waals surface area (Å²) < 4.78 is 5.25. The Morgan fingerprint density at radius 1 is 1.55 bits per heavy atom. The van der Waals surface area contributed by atoms with E-state index in [2.05, 4.69) is 6.08 Å². The average Bonchev–Trinajstić information content (AvgIpc) is 2.16. The van der Waals surface area contributed by atoms with Crippen molar-refractivity contribution in [3.05, 3.63) is 23.8 Å². The molecule has 0 unspecified atom stereocenters. The number of rotatable bonds is 1. The minimum atomic E-state index is 0.135. The second kappa shape index (κ2) is 5.10. The summed E-state index contributed by atoms with van der Waals surface area (Å²) in [6, 6.07) is 0. The van der Waals surface area contributed by atoms with E-state index in [0.717, 1.165) is 25.0 Å². The van der Waals surface area contributed by atoms with Crippen molar-refractivity contribution in [2.75, 3.05) is 19.8 Å². The minimum absolute atomic E-state index is 0.135. The molecular formula is C9H14O2. The van der Waals surface area contributed by atoms with Gasteiger partial charge in [-0.25, -0.2) is 0 Å². The third-order valence-electron chi connectivity index (χ3n) is 1.63. The van der Waals surface area contributed by atoms with Crippen LogP contribution in [-0.4, -0.2) is 24.9 Å². The van der Waals surface area contributed by atoms with Crippen LogP contribution in [0.5, 0.6) is 0 Å². The Morgan fingerprint density at radius 2 is 2.45 bits per heavy atom. The van der Waals surface area contributed by atoms with Gasteiger partial charge in [0.1, 0.15) is 0 Å². The summed E-state index contributed by atoms with van der Waals surface area (Å²) in [6.45, 7) is 1.62. The Balaban J connectivity index is 2.48. The number of hydrogen-bond acceptors (Lipinski definition) is 2. The van der Waals surface area contributed by atoms with E-state index in [1.807, 2.05) is 12.2 Å². The predicted molar refractivity (Wildman–Crippen MR) is 44.4 cm³/mol. The highest BCUT2D eigenvalue weighted by atomic mass is 16.5. The number of hydrogen-bond donors (Lipinski definition) is 1. The van der Waals surface area contributed by atoms with Crippen LogP contribution in [0, 0.1) is 0 Å². The van der Waals surface area contributed by atoms with Gasteiger partial charge in [0.05, 0.1) is 13.2 Å². The molecule has 1 aliphatic heterocycles. The largest absolute Gasteiger partial charge is 0.392 e. The molecule has 0 saturated heterocycles. The fourth-order valence-corrected chi connectivity index (χ4v) is 1.01. The van der Waals surface area contributed by atoms with Crippen molar-refractivity contribution in [3.63, 3.8) is 0 Å². The van der Waals surface area contributed by atoms with Gasteiger partial charge in [-0.3, -0.25) is 0 Å². The Labute approximate surface area is 67.2 Å². The van der Waals surface area contributed by atoms with Gasteiger partial charge >= 0.3 is 0 Å². The lowest BCUT2D eigenvalue weighted by Gasteiger charge is -1.95. The lowest BCUT2D eigenvalue weighted by Crippen LogP contribution is -1.91. The highest BCUT2D eigenvalue weighted by molar-refractivity contribution is 5.19. The second-order valence-corrected chi connectivity index (χ2v) is 2.56. The highest BCUT2D eigenvalue weighted by Crippen LogP contribution is 2.03. The molecule has 0 radical (unpaired) electrons. The molecule has 0 spiro atoms. The zero-order valence-corrected chi connectivity index (χ0v) is 6.62.